The zero-order valence-electron chi connectivity index (χ0n) is 14.2. The standard InChI is InChI=1S/C20H27NO3/c1-2-18-9-6-14-21(18)20(22)24-15-23-19-12-10-17(11-13-19)16-7-4-3-5-8-16/h2-5,7-8,17-19H,1,6,9-15H2. The molecule has 4 nitrogen and oxygen atoms in total. The molecule has 0 bridgehead atoms. The highest BCUT2D eigenvalue weighted by atomic mass is 16.7. The van der Waals surface area contributed by atoms with E-state index in [1.807, 2.05) is 6.08 Å². The molecular formula is C20H27NO3. The maximum Gasteiger partial charge on any atom is 0.412 e. The number of benzene rings is 1. The summed E-state index contributed by atoms with van der Waals surface area (Å²) in [7, 11) is 0. The Morgan fingerprint density at radius 2 is 1.92 bits per heavy atom. The number of likely N-dealkylation sites (tertiary alicyclic amines) is 1. The van der Waals surface area contributed by atoms with Crippen molar-refractivity contribution in [3.05, 3.63) is 48.6 Å². The summed E-state index contributed by atoms with van der Waals surface area (Å²) in [6.07, 6.45) is 8.04. The van der Waals surface area contributed by atoms with Gasteiger partial charge in [-0.25, -0.2) is 4.79 Å². The number of carbonyl (C=O) groups excluding carboxylic acids is 1. The highest BCUT2D eigenvalue weighted by molar-refractivity contribution is 5.68. The molecule has 1 atom stereocenters. The Bertz CT molecular complexity index is 537. The molecule has 1 saturated carbocycles. The average molecular weight is 329 g/mol. The first kappa shape index (κ1) is 17.0. The first-order valence-electron chi connectivity index (χ1n) is 9.00. The molecule has 2 fully saturated rings. The van der Waals surface area contributed by atoms with Crippen molar-refractivity contribution >= 4 is 6.09 Å². The van der Waals surface area contributed by atoms with Crippen molar-refractivity contribution in [3.8, 4) is 0 Å². The molecule has 1 unspecified atom stereocenters. The van der Waals surface area contributed by atoms with Crippen molar-refractivity contribution < 1.29 is 14.3 Å². The second-order valence-electron chi connectivity index (χ2n) is 6.72. The third-order valence-electron chi connectivity index (χ3n) is 5.24. The van der Waals surface area contributed by atoms with E-state index in [1.165, 1.54) is 5.56 Å². The molecule has 0 radical (unpaired) electrons. The van der Waals surface area contributed by atoms with Crippen molar-refractivity contribution in [2.45, 2.75) is 56.6 Å². The van der Waals surface area contributed by atoms with Gasteiger partial charge >= 0.3 is 6.09 Å². The third kappa shape index (κ3) is 4.18. The lowest BCUT2D eigenvalue weighted by molar-refractivity contribution is -0.0765. The van der Waals surface area contributed by atoms with Gasteiger partial charge in [-0.1, -0.05) is 36.4 Å². The Kier molecular flexibility index (Phi) is 5.91. The minimum absolute atomic E-state index is 0.0554. The van der Waals surface area contributed by atoms with Gasteiger partial charge < -0.3 is 14.4 Å². The number of rotatable bonds is 5. The Hall–Kier alpha value is -1.81. The van der Waals surface area contributed by atoms with Gasteiger partial charge in [-0.05, 0) is 50.0 Å². The van der Waals surface area contributed by atoms with Crippen molar-refractivity contribution in [3.63, 3.8) is 0 Å². The van der Waals surface area contributed by atoms with Gasteiger partial charge in [0.1, 0.15) is 0 Å². The van der Waals surface area contributed by atoms with Crippen LogP contribution in [-0.2, 0) is 9.47 Å². The van der Waals surface area contributed by atoms with Crippen LogP contribution in [0.15, 0.2) is 43.0 Å². The summed E-state index contributed by atoms with van der Waals surface area (Å²) in [5.74, 6) is 0.631. The molecule has 1 aromatic carbocycles. The van der Waals surface area contributed by atoms with Crippen LogP contribution in [0.25, 0.3) is 0 Å². The second-order valence-corrected chi connectivity index (χ2v) is 6.72. The predicted molar refractivity (Wildman–Crippen MR) is 93.8 cm³/mol. The molecule has 1 heterocycles. The van der Waals surface area contributed by atoms with Crippen LogP contribution >= 0.6 is 0 Å². The van der Waals surface area contributed by atoms with Crippen LogP contribution in [0.4, 0.5) is 4.79 Å². The quantitative estimate of drug-likeness (QED) is 0.591. The van der Waals surface area contributed by atoms with Gasteiger partial charge in [0.2, 0.25) is 0 Å². The normalized spacial score (nSPS) is 27.0. The molecular weight excluding hydrogens is 302 g/mol. The maximum atomic E-state index is 12.1. The zero-order valence-corrected chi connectivity index (χ0v) is 14.2. The van der Waals surface area contributed by atoms with Crippen LogP contribution in [0.2, 0.25) is 0 Å². The first-order valence-corrected chi connectivity index (χ1v) is 9.00. The summed E-state index contributed by atoms with van der Waals surface area (Å²) < 4.78 is 11.1. The number of hydrogen-bond acceptors (Lipinski definition) is 3. The second kappa shape index (κ2) is 8.34. The molecule has 4 heteroatoms. The highest BCUT2D eigenvalue weighted by Crippen LogP contribution is 2.33. The number of carbonyl (C=O) groups is 1. The maximum absolute atomic E-state index is 12.1. The SMILES string of the molecule is C=CC1CCCN1C(=O)OCOC1CCC(c2ccccc2)CC1. The fourth-order valence-electron chi connectivity index (χ4n) is 3.82. The van der Waals surface area contributed by atoms with Crippen LogP contribution in [0.3, 0.4) is 0 Å². The predicted octanol–water partition coefficient (Wildman–Crippen LogP) is 4.47. The van der Waals surface area contributed by atoms with Crippen LogP contribution in [0, 0.1) is 0 Å². The van der Waals surface area contributed by atoms with Crippen molar-refractivity contribution in [1.82, 2.24) is 4.90 Å². The van der Waals surface area contributed by atoms with Crippen LogP contribution in [-0.4, -0.2) is 36.5 Å². The molecule has 3 rings (SSSR count). The molecule has 2 aliphatic rings. The van der Waals surface area contributed by atoms with E-state index < -0.39 is 0 Å². The molecule has 1 aliphatic heterocycles. The van der Waals surface area contributed by atoms with Gasteiger partial charge in [0, 0.05) is 6.54 Å². The zero-order chi connectivity index (χ0) is 16.8. The van der Waals surface area contributed by atoms with Crippen LogP contribution in [0.5, 0.6) is 0 Å². The minimum Gasteiger partial charge on any atom is -0.422 e. The Labute approximate surface area is 144 Å². The van der Waals surface area contributed by atoms with Crippen molar-refractivity contribution in [2.75, 3.05) is 13.3 Å². The number of nitrogens with zero attached hydrogens (tertiary/aromatic N) is 1. The molecule has 1 aromatic rings. The topological polar surface area (TPSA) is 38.8 Å². The van der Waals surface area contributed by atoms with Gasteiger partial charge in [-0.3, -0.25) is 0 Å². The van der Waals surface area contributed by atoms with E-state index in [4.69, 9.17) is 9.47 Å². The minimum atomic E-state index is -0.282. The fraction of sp³-hybridized carbons (Fsp3) is 0.550. The summed E-state index contributed by atoms with van der Waals surface area (Å²) >= 11 is 0. The third-order valence-corrected chi connectivity index (χ3v) is 5.24. The van der Waals surface area contributed by atoms with E-state index in [2.05, 4.69) is 36.9 Å². The van der Waals surface area contributed by atoms with Crippen molar-refractivity contribution in [2.24, 2.45) is 0 Å². The summed E-state index contributed by atoms with van der Waals surface area (Å²) in [4.78, 5) is 13.8. The smallest absolute Gasteiger partial charge is 0.412 e. The van der Waals surface area contributed by atoms with Gasteiger partial charge in [0.05, 0.1) is 12.1 Å². The number of ether oxygens (including phenoxy) is 2. The highest BCUT2D eigenvalue weighted by Gasteiger charge is 2.28. The lowest BCUT2D eigenvalue weighted by atomic mass is 9.83. The first-order chi connectivity index (χ1) is 11.8. The molecule has 1 saturated heterocycles. The molecule has 1 aliphatic carbocycles. The Morgan fingerprint density at radius 3 is 2.62 bits per heavy atom. The molecule has 24 heavy (non-hydrogen) atoms. The van der Waals surface area contributed by atoms with E-state index in [1.54, 1.807) is 4.90 Å². The van der Waals surface area contributed by atoms with Gasteiger partial charge in [0.25, 0.3) is 0 Å². The van der Waals surface area contributed by atoms with E-state index in [-0.39, 0.29) is 25.0 Å². The summed E-state index contributed by atoms with van der Waals surface area (Å²) in [6, 6.07) is 10.8. The van der Waals surface area contributed by atoms with E-state index >= 15 is 0 Å². The summed E-state index contributed by atoms with van der Waals surface area (Å²) in [6.45, 7) is 4.58. The molecule has 130 valence electrons. The Morgan fingerprint density at radius 1 is 1.17 bits per heavy atom. The lowest BCUT2D eigenvalue weighted by Gasteiger charge is -2.29. The summed E-state index contributed by atoms with van der Waals surface area (Å²) in [5, 5.41) is 0. The number of hydrogen-bond donors (Lipinski definition) is 0. The largest absolute Gasteiger partial charge is 0.422 e. The molecule has 1 amide bonds. The molecule has 0 spiro atoms. The monoisotopic (exact) mass is 329 g/mol. The summed E-state index contributed by atoms with van der Waals surface area (Å²) in [5.41, 5.74) is 1.42. The molecule has 0 aromatic heterocycles. The van der Waals surface area contributed by atoms with Gasteiger partial charge in [-0.15, -0.1) is 6.58 Å². The van der Waals surface area contributed by atoms with E-state index in [0.717, 1.165) is 45.1 Å². The molecule has 0 N–H and O–H groups in total. The van der Waals surface area contributed by atoms with Crippen molar-refractivity contribution in [1.29, 1.82) is 0 Å². The average Bonchev–Trinajstić information content (AvgIpc) is 3.12. The van der Waals surface area contributed by atoms with E-state index in [9.17, 15) is 4.79 Å². The lowest BCUT2D eigenvalue weighted by Crippen LogP contribution is -2.35. The van der Waals surface area contributed by atoms with Gasteiger partial charge in [-0.2, -0.15) is 0 Å². The van der Waals surface area contributed by atoms with Gasteiger partial charge in [0.15, 0.2) is 6.79 Å². The van der Waals surface area contributed by atoms with E-state index in [0.29, 0.717) is 5.92 Å². The Balaban J connectivity index is 1.36. The van der Waals surface area contributed by atoms with Crippen LogP contribution in [0.1, 0.15) is 50.0 Å². The number of amides is 1. The van der Waals surface area contributed by atoms with Crippen LogP contribution < -0.4 is 0 Å². The fourth-order valence-corrected chi connectivity index (χ4v) is 3.82.